The molecule has 0 radical (unpaired) electrons. The normalized spacial score (nSPS) is 12.4. The second-order valence-electron chi connectivity index (χ2n) is 4.60. The predicted molar refractivity (Wildman–Crippen MR) is 76.6 cm³/mol. The van der Waals surface area contributed by atoms with E-state index >= 15 is 0 Å². The fraction of sp³-hybridized carbons (Fsp3) is 0.0667. The van der Waals surface area contributed by atoms with E-state index in [-0.39, 0.29) is 0 Å². The van der Waals surface area contributed by atoms with Crippen molar-refractivity contribution in [2.45, 2.75) is 6.61 Å². The highest BCUT2D eigenvalue weighted by atomic mass is 35.5. The molecule has 3 heterocycles. The van der Waals surface area contributed by atoms with Gasteiger partial charge >= 0.3 is 0 Å². The minimum atomic E-state index is 0.491. The molecule has 0 spiro atoms. The molecule has 3 aromatic rings. The zero-order valence-electron chi connectivity index (χ0n) is 10.4. The van der Waals surface area contributed by atoms with Gasteiger partial charge in [-0.25, -0.2) is 0 Å². The Morgan fingerprint density at radius 3 is 3.05 bits per heavy atom. The molecule has 98 valence electrons. The van der Waals surface area contributed by atoms with Crippen molar-refractivity contribution >= 4 is 11.6 Å². The van der Waals surface area contributed by atoms with E-state index in [4.69, 9.17) is 16.3 Å². The number of aromatic nitrogens is 3. The summed E-state index contributed by atoms with van der Waals surface area (Å²) in [5.41, 5.74) is 4.79. The summed E-state index contributed by atoms with van der Waals surface area (Å²) in [4.78, 5) is 4.13. The molecule has 0 atom stereocenters. The van der Waals surface area contributed by atoms with Crippen LogP contribution >= 0.6 is 11.6 Å². The molecule has 0 saturated heterocycles. The number of hydrogen-bond acceptors (Lipinski definition) is 3. The van der Waals surface area contributed by atoms with Gasteiger partial charge in [0.1, 0.15) is 18.1 Å². The molecule has 1 N–H and O–H groups in total. The van der Waals surface area contributed by atoms with Gasteiger partial charge in [0.05, 0.1) is 5.69 Å². The Hall–Kier alpha value is -2.33. The molecule has 1 aliphatic heterocycles. The zero-order valence-corrected chi connectivity index (χ0v) is 11.2. The summed E-state index contributed by atoms with van der Waals surface area (Å²) in [5, 5.41) is 8.18. The molecule has 4 rings (SSSR count). The van der Waals surface area contributed by atoms with E-state index in [0.29, 0.717) is 11.6 Å². The van der Waals surface area contributed by atoms with Crippen molar-refractivity contribution in [3.63, 3.8) is 0 Å². The third-order valence-corrected chi connectivity index (χ3v) is 3.62. The summed E-state index contributed by atoms with van der Waals surface area (Å²) in [6.07, 6.45) is 3.54. The Kier molecular flexibility index (Phi) is 2.50. The van der Waals surface area contributed by atoms with Gasteiger partial charge in [-0.05, 0) is 30.3 Å². The lowest BCUT2D eigenvalue weighted by atomic mass is 10.0. The molecule has 0 fully saturated rings. The van der Waals surface area contributed by atoms with Crippen molar-refractivity contribution in [3.8, 4) is 28.3 Å². The Labute approximate surface area is 120 Å². The SMILES string of the molecule is Clc1ccc2c(c1)-c1[nH]nc(-c3cccnc3)c1CO2. The Bertz CT molecular complexity index is 783. The van der Waals surface area contributed by atoms with Gasteiger partial charge in [-0.3, -0.25) is 10.1 Å². The second-order valence-corrected chi connectivity index (χ2v) is 5.03. The zero-order chi connectivity index (χ0) is 13.5. The molecule has 0 aliphatic carbocycles. The molecule has 2 aromatic heterocycles. The molecular weight excluding hydrogens is 274 g/mol. The standard InChI is InChI=1S/C15H10ClN3O/c16-10-3-4-13-11(6-10)15-12(8-20-13)14(18-19-15)9-2-1-5-17-7-9/h1-7H,8H2,(H,18,19). The number of ether oxygens (including phenoxy) is 1. The summed E-state index contributed by atoms with van der Waals surface area (Å²) in [5.74, 6) is 0.822. The molecule has 1 aliphatic rings. The summed E-state index contributed by atoms with van der Waals surface area (Å²) in [7, 11) is 0. The maximum atomic E-state index is 6.07. The summed E-state index contributed by atoms with van der Waals surface area (Å²) < 4.78 is 5.79. The van der Waals surface area contributed by atoms with E-state index in [0.717, 1.165) is 33.8 Å². The number of aromatic amines is 1. The lowest BCUT2D eigenvalue weighted by molar-refractivity contribution is 0.303. The van der Waals surface area contributed by atoms with Crippen molar-refractivity contribution in [1.82, 2.24) is 15.2 Å². The van der Waals surface area contributed by atoms with Gasteiger partial charge < -0.3 is 4.74 Å². The van der Waals surface area contributed by atoms with Crippen LogP contribution in [-0.4, -0.2) is 15.2 Å². The van der Waals surface area contributed by atoms with Crippen LogP contribution < -0.4 is 4.74 Å². The minimum absolute atomic E-state index is 0.491. The van der Waals surface area contributed by atoms with Crippen LogP contribution in [0.15, 0.2) is 42.7 Å². The predicted octanol–water partition coefficient (Wildman–Crippen LogP) is 3.68. The monoisotopic (exact) mass is 283 g/mol. The molecule has 0 bridgehead atoms. The van der Waals surface area contributed by atoms with E-state index in [2.05, 4.69) is 15.2 Å². The average Bonchev–Trinajstić information content (AvgIpc) is 2.92. The molecule has 5 heteroatoms. The van der Waals surface area contributed by atoms with Crippen LogP contribution in [0.25, 0.3) is 22.5 Å². The highest BCUT2D eigenvalue weighted by molar-refractivity contribution is 6.31. The Morgan fingerprint density at radius 1 is 1.25 bits per heavy atom. The first-order chi connectivity index (χ1) is 9.83. The molecule has 0 amide bonds. The average molecular weight is 284 g/mol. The largest absolute Gasteiger partial charge is 0.488 e. The van der Waals surface area contributed by atoms with E-state index in [1.165, 1.54) is 0 Å². The molecule has 0 unspecified atom stereocenters. The lowest BCUT2D eigenvalue weighted by Gasteiger charge is -2.18. The van der Waals surface area contributed by atoms with Gasteiger partial charge in [0, 0.05) is 34.1 Å². The number of fused-ring (bicyclic) bond motifs is 3. The number of nitrogens with zero attached hydrogens (tertiary/aromatic N) is 2. The van der Waals surface area contributed by atoms with E-state index in [9.17, 15) is 0 Å². The van der Waals surface area contributed by atoms with E-state index < -0.39 is 0 Å². The minimum Gasteiger partial charge on any atom is -0.488 e. The number of benzene rings is 1. The first-order valence-corrected chi connectivity index (χ1v) is 6.61. The van der Waals surface area contributed by atoms with Crippen LogP contribution in [0.1, 0.15) is 5.56 Å². The van der Waals surface area contributed by atoms with Crippen LogP contribution in [-0.2, 0) is 6.61 Å². The Balaban J connectivity index is 1.91. The van der Waals surface area contributed by atoms with Gasteiger partial charge in [-0.15, -0.1) is 0 Å². The summed E-state index contributed by atoms with van der Waals surface area (Å²) in [6.45, 7) is 0.491. The number of rotatable bonds is 1. The first-order valence-electron chi connectivity index (χ1n) is 6.23. The highest BCUT2D eigenvalue weighted by Crippen LogP contribution is 2.40. The van der Waals surface area contributed by atoms with Gasteiger partial charge in [0.2, 0.25) is 0 Å². The maximum Gasteiger partial charge on any atom is 0.129 e. The van der Waals surface area contributed by atoms with Crippen molar-refractivity contribution in [3.05, 3.63) is 53.3 Å². The first kappa shape index (κ1) is 11.5. The number of H-pyrrole nitrogens is 1. The van der Waals surface area contributed by atoms with Crippen molar-refractivity contribution in [2.75, 3.05) is 0 Å². The smallest absolute Gasteiger partial charge is 0.129 e. The fourth-order valence-electron chi connectivity index (χ4n) is 2.44. The topological polar surface area (TPSA) is 50.8 Å². The van der Waals surface area contributed by atoms with Gasteiger partial charge in [-0.1, -0.05) is 11.6 Å². The third-order valence-electron chi connectivity index (χ3n) is 3.39. The maximum absolute atomic E-state index is 6.07. The van der Waals surface area contributed by atoms with Crippen molar-refractivity contribution < 1.29 is 4.74 Å². The van der Waals surface area contributed by atoms with Crippen molar-refractivity contribution in [2.24, 2.45) is 0 Å². The number of pyridine rings is 1. The van der Waals surface area contributed by atoms with Crippen LogP contribution in [0, 0.1) is 0 Å². The summed E-state index contributed by atoms with van der Waals surface area (Å²) >= 11 is 6.07. The molecular formula is C15H10ClN3O. The molecule has 0 saturated carbocycles. The molecule has 1 aromatic carbocycles. The van der Waals surface area contributed by atoms with Crippen LogP contribution in [0.3, 0.4) is 0 Å². The molecule has 4 nitrogen and oxygen atoms in total. The molecule has 20 heavy (non-hydrogen) atoms. The Morgan fingerprint density at radius 2 is 2.20 bits per heavy atom. The lowest BCUT2D eigenvalue weighted by Crippen LogP contribution is -2.05. The quantitative estimate of drug-likeness (QED) is 0.741. The number of halogens is 1. The number of hydrogen-bond donors (Lipinski definition) is 1. The van der Waals surface area contributed by atoms with Crippen LogP contribution in [0.5, 0.6) is 5.75 Å². The second kappa shape index (κ2) is 4.35. The van der Waals surface area contributed by atoms with Gasteiger partial charge in [0.15, 0.2) is 0 Å². The highest BCUT2D eigenvalue weighted by Gasteiger charge is 2.23. The van der Waals surface area contributed by atoms with E-state index in [1.807, 2.05) is 30.3 Å². The van der Waals surface area contributed by atoms with Gasteiger partial charge in [0.25, 0.3) is 0 Å². The number of nitrogens with one attached hydrogen (secondary N) is 1. The van der Waals surface area contributed by atoms with Crippen LogP contribution in [0.4, 0.5) is 0 Å². The van der Waals surface area contributed by atoms with Crippen LogP contribution in [0.2, 0.25) is 5.02 Å². The van der Waals surface area contributed by atoms with Gasteiger partial charge in [-0.2, -0.15) is 5.10 Å². The fourth-order valence-corrected chi connectivity index (χ4v) is 2.62. The van der Waals surface area contributed by atoms with Crippen molar-refractivity contribution in [1.29, 1.82) is 0 Å². The third kappa shape index (κ3) is 1.69. The summed E-state index contributed by atoms with van der Waals surface area (Å²) in [6, 6.07) is 9.47. The van der Waals surface area contributed by atoms with E-state index in [1.54, 1.807) is 12.4 Å².